The first kappa shape index (κ1) is 14.1. The van der Waals surface area contributed by atoms with Crippen LogP contribution in [0.25, 0.3) is 0 Å². The minimum Gasteiger partial charge on any atom is -0.369 e. The van der Waals surface area contributed by atoms with Crippen molar-refractivity contribution in [2.45, 2.75) is 25.5 Å². The first-order valence-corrected chi connectivity index (χ1v) is 7.20. The molecule has 0 spiro atoms. The van der Waals surface area contributed by atoms with Crippen molar-refractivity contribution in [3.8, 4) is 0 Å². The third-order valence-electron chi connectivity index (χ3n) is 3.07. The molecule has 0 saturated heterocycles. The summed E-state index contributed by atoms with van der Waals surface area (Å²) in [7, 11) is 3.65. The van der Waals surface area contributed by atoms with E-state index in [1.54, 1.807) is 18.4 Å². The Labute approximate surface area is 117 Å². The highest BCUT2D eigenvalue weighted by atomic mass is 32.1. The van der Waals surface area contributed by atoms with Gasteiger partial charge in [-0.1, -0.05) is 48.6 Å². The Morgan fingerprint density at radius 1 is 1.21 bits per heavy atom. The molecule has 0 aliphatic carbocycles. The summed E-state index contributed by atoms with van der Waals surface area (Å²) in [4.78, 5) is 0. The topological polar surface area (TPSA) is 47.0 Å². The van der Waals surface area contributed by atoms with E-state index in [-0.39, 0.29) is 12.1 Å². The maximum absolute atomic E-state index is 5.57. The molecule has 1 heterocycles. The summed E-state index contributed by atoms with van der Waals surface area (Å²) in [6.07, 6.45) is 0.857. The van der Waals surface area contributed by atoms with Crippen LogP contribution in [0.1, 0.15) is 41.1 Å². The molecule has 0 bridgehead atoms. The number of aromatic nitrogens is 2. The van der Waals surface area contributed by atoms with E-state index in [1.807, 2.05) is 37.4 Å². The summed E-state index contributed by atoms with van der Waals surface area (Å²) in [6, 6.07) is 10.4. The lowest BCUT2D eigenvalue weighted by atomic mass is 10.1. The minimum absolute atomic E-state index is 0.137. The minimum atomic E-state index is -0.137. The molecule has 0 aliphatic heterocycles. The van der Waals surface area contributed by atoms with Crippen molar-refractivity contribution >= 4 is 11.3 Å². The van der Waals surface area contributed by atoms with Crippen LogP contribution in [-0.2, 0) is 4.74 Å². The maximum atomic E-state index is 5.57. The third-order valence-corrected chi connectivity index (χ3v) is 4.15. The number of hydrogen-bond acceptors (Lipinski definition) is 5. The van der Waals surface area contributed by atoms with Gasteiger partial charge in [0, 0.05) is 7.11 Å². The van der Waals surface area contributed by atoms with Crippen LogP contribution in [0.5, 0.6) is 0 Å². The average molecular weight is 277 g/mol. The number of ether oxygens (including phenoxy) is 1. The fourth-order valence-electron chi connectivity index (χ4n) is 2.00. The zero-order chi connectivity index (χ0) is 13.7. The van der Waals surface area contributed by atoms with Crippen molar-refractivity contribution in [1.29, 1.82) is 0 Å². The number of hydrogen-bond donors (Lipinski definition) is 1. The van der Waals surface area contributed by atoms with E-state index in [1.165, 1.54) is 0 Å². The zero-order valence-corrected chi connectivity index (χ0v) is 12.3. The molecule has 5 heteroatoms. The predicted molar refractivity (Wildman–Crippen MR) is 77.3 cm³/mol. The lowest BCUT2D eigenvalue weighted by Crippen LogP contribution is -2.14. The lowest BCUT2D eigenvalue weighted by Gasteiger charge is -2.12. The predicted octanol–water partition coefficient (Wildman–Crippen LogP) is 2.94. The SMILES string of the molecule is CCC(NC)c1nnc(C(OC)c2ccccc2)s1. The summed E-state index contributed by atoms with van der Waals surface area (Å²) < 4.78 is 5.57. The molecule has 0 saturated carbocycles. The first-order chi connectivity index (χ1) is 9.30. The van der Waals surface area contributed by atoms with Gasteiger partial charge in [0.15, 0.2) is 5.01 Å². The maximum Gasteiger partial charge on any atom is 0.151 e. The van der Waals surface area contributed by atoms with E-state index in [0.717, 1.165) is 22.0 Å². The molecule has 2 aromatic rings. The summed E-state index contributed by atoms with van der Waals surface area (Å²) in [5.41, 5.74) is 1.10. The average Bonchev–Trinajstić information content (AvgIpc) is 2.92. The monoisotopic (exact) mass is 277 g/mol. The molecule has 2 atom stereocenters. The fraction of sp³-hybridized carbons (Fsp3) is 0.429. The van der Waals surface area contributed by atoms with Crippen LogP contribution in [0.3, 0.4) is 0 Å². The molecule has 1 aromatic heterocycles. The van der Waals surface area contributed by atoms with E-state index in [9.17, 15) is 0 Å². The van der Waals surface area contributed by atoms with E-state index < -0.39 is 0 Å². The van der Waals surface area contributed by atoms with Crippen LogP contribution in [0.4, 0.5) is 0 Å². The van der Waals surface area contributed by atoms with Crippen molar-refractivity contribution in [2.24, 2.45) is 0 Å². The highest BCUT2D eigenvalue weighted by Crippen LogP contribution is 2.30. The van der Waals surface area contributed by atoms with E-state index in [4.69, 9.17) is 4.74 Å². The van der Waals surface area contributed by atoms with Crippen LogP contribution in [0.2, 0.25) is 0 Å². The molecule has 4 nitrogen and oxygen atoms in total. The fourth-order valence-corrected chi connectivity index (χ4v) is 3.15. The van der Waals surface area contributed by atoms with Crippen LogP contribution < -0.4 is 5.32 Å². The summed E-state index contributed by atoms with van der Waals surface area (Å²) in [6.45, 7) is 2.13. The molecule has 0 aliphatic rings. The van der Waals surface area contributed by atoms with Gasteiger partial charge in [-0.3, -0.25) is 0 Å². The molecule has 19 heavy (non-hydrogen) atoms. The first-order valence-electron chi connectivity index (χ1n) is 6.38. The number of rotatable bonds is 6. The second-order valence-corrected chi connectivity index (χ2v) is 5.30. The standard InChI is InChI=1S/C14H19N3OS/c1-4-11(15-2)13-16-17-14(19-13)12(18-3)10-8-6-5-7-9-10/h5-9,11-12,15H,4H2,1-3H3. The lowest BCUT2D eigenvalue weighted by molar-refractivity contribution is 0.135. The molecule has 2 rings (SSSR count). The smallest absolute Gasteiger partial charge is 0.151 e. The Kier molecular flexibility index (Phi) is 5.01. The van der Waals surface area contributed by atoms with Gasteiger partial charge in [-0.15, -0.1) is 10.2 Å². The molecule has 1 N–H and O–H groups in total. The molecule has 1 aromatic carbocycles. The van der Waals surface area contributed by atoms with E-state index in [0.29, 0.717) is 0 Å². The van der Waals surface area contributed by atoms with Crippen molar-refractivity contribution in [1.82, 2.24) is 15.5 Å². The summed E-state index contributed by atoms with van der Waals surface area (Å²) in [5.74, 6) is 0. The van der Waals surface area contributed by atoms with Crippen molar-refractivity contribution in [3.05, 3.63) is 45.9 Å². The van der Waals surface area contributed by atoms with Gasteiger partial charge in [0.05, 0.1) is 6.04 Å². The number of nitrogens with one attached hydrogen (secondary N) is 1. The van der Waals surface area contributed by atoms with Crippen molar-refractivity contribution in [3.63, 3.8) is 0 Å². The summed E-state index contributed by atoms with van der Waals surface area (Å²) >= 11 is 1.61. The molecule has 0 amide bonds. The van der Waals surface area contributed by atoms with Crippen molar-refractivity contribution < 1.29 is 4.74 Å². The highest BCUT2D eigenvalue weighted by molar-refractivity contribution is 7.11. The van der Waals surface area contributed by atoms with Gasteiger partial charge in [-0.25, -0.2) is 0 Å². The quantitative estimate of drug-likeness (QED) is 0.882. The van der Waals surface area contributed by atoms with Gasteiger partial charge in [0.25, 0.3) is 0 Å². The molecule has 0 fully saturated rings. The Balaban J connectivity index is 2.25. The van der Waals surface area contributed by atoms with E-state index >= 15 is 0 Å². The van der Waals surface area contributed by atoms with Gasteiger partial charge in [0.2, 0.25) is 0 Å². The third kappa shape index (κ3) is 3.18. The second kappa shape index (κ2) is 6.75. The van der Waals surface area contributed by atoms with Crippen LogP contribution in [-0.4, -0.2) is 24.4 Å². The molecule has 0 radical (unpaired) electrons. The number of methoxy groups -OCH3 is 1. The number of benzene rings is 1. The largest absolute Gasteiger partial charge is 0.369 e. The Morgan fingerprint density at radius 3 is 2.47 bits per heavy atom. The van der Waals surface area contributed by atoms with Crippen LogP contribution >= 0.6 is 11.3 Å². The van der Waals surface area contributed by atoms with Gasteiger partial charge in [-0.2, -0.15) is 0 Å². The second-order valence-electron chi connectivity index (χ2n) is 4.25. The van der Waals surface area contributed by atoms with Crippen LogP contribution in [0.15, 0.2) is 30.3 Å². The Morgan fingerprint density at radius 2 is 1.89 bits per heavy atom. The highest BCUT2D eigenvalue weighted by Gasteiger charge is 2.20. The molecule has 102 valence electrons. The van der Waals surface area contributed by atoms with Gasteiger partial charge >= 0.3 is 0 Å². The summed E-state index contributed by atoms with van der Waals surface area (Å²) in [5, 5.41) is 13.7. The van der Waals surface area contributed by atoms with Gasteiger partial charge in [-0.05, 0) is 19.0 Å². The normalized spacial score (nSPS) is 14.3. The molecular weight excluding hydrogens is 258 g/mol. The van der Waals surface area contributed by atoms with Gasteiger partial charge in [0.1, 0.15) is 11.1 Å². The van der Waals surface area contributed by atoms with Crippen LogP contribution in [0, 0.1) is 0 Å². The number of nitrogens with zero attached hydrogens (tertiary/aromatic N) is 2. The van der Waals surface area contributed by atoms with E-state index in [2.05, 4.69) is 22.4 Å². The molecule has 2 unspecified atom stereocenters. The zero-order valence-electron chi connectivity index (χ0n) is 11.5. The van der Waals surface area contributed by atoms with Gasteiger partial charge < -0.3 is 10.1 Å². The Hall–Kier alpha value is -1.30. The molecular formula is C14H19N3OS. The Bertz CT molecular complexity index is 496. The van der Waals surface area contributed by atoms with Crippen molar-refractivity contribution in [2.75, 3.05) is 14.2 Å².